The van der Waals surface area contributed by atoms with Crippen molar-refractivity contribution in [1.29, 1.82) is 0 Å². The van der Waals surface area contributed by atoms with E-state index < -0.39 is 12.0 Å². The van der Waals surface area contributed by atoms with Gasteiger partial charge in [0.25, 0.3) is 5.91 Å². The van der Waals surface area contributed by atoms with Crippen molar-refractivity contribution >= 4 is 22.8 Å². The number of carboxylic acids is 1. The van der Waals surface area contributed by atoms with Gasteiger partial charge in [-0.1, -0.05) is 50.3 Å². The summed E-state index contributed by atoms with van der Waals surface area (Å²) < 4.78 is 1.85. The molecule has 1 saturated carbocycles. The van der Waals surface area contributed by atoms with E-state index >= 15 is 0 Å². The molecule has 3 aromatic rings. The van der Waals surface area contributed by atoms with Crippen LogP contribution in [0.15, 0.2) is 54.7 Å². The van der Waals surface area contributed by atoms with E-state index in [0.29, 0.717) is 30.4 Å². The standard InChI is InChI=1S/C26H29N3O3/c30-25(28-15-14-20(16-24(28)26(31)32)18-6-2-1-3-7-18)19-10-12-22(13-11-19)29-23-9-5-4-8-21(23)17-27-29/h4-5,8-13,17-18,20,24H,1-3,6-7,14-16H2,(H,31,32). The predicted molar refractivity (Wildman–Crippen MR) is 123 cm³/mol. The molecule has 32 heavy (non-hydrogen) atoms. The van der Waals surface area contributed by atoms with Crippen LogP contribution in [0.3, 0.4) is 0 Å². The summed E-state index contributed by atoms with van der Waals surface area (Å²) in [6.45, 7) is 0.516. The molecule has 2 atom stereocenters. The van der Waals surface area contributed by atoms with Gasteiger partial charge in [-0.2, -0.15) is 5.10 Å². The molecule has 2 aromatic carbocycles. The van der Waals surface area contributed by atoms with Crippen molar-refractivity contribution in [2.75, 3.05) is 6.54 Å². The van der Waals surface area contributed by atoms with E-state index in [9.17, 15) is 14.7 Å². The lowest BCUT2D eigenvalue weighted by atomic mass is 9.74. The second kappa shape index (κ2) is 8.77. The highest BCUT2D eigenvalue weighted by atomic mass is 16.4. The second-order valence-corrected chi connectivity index (χ2v) is 9.20. The van der Waals surface area contributed by atoms with Gasteiger partial charge >= 0.3 is 5.97 Å². The first-order valence-electron chi connectivity index (χ1n) is 11.7. The summed E-state index contributed by atoms with van der Waals surface area (Å²) >= 11 is 0. The molecule has 2 heterocycles. The summed E-state index contributed by atoms with van der Waals surface area (Å²) in [5.74, 6) is -0.0585. The van der Waals surface area contributed by atoms with E-state index in [-0.39, 0.29) is 5.91 Å². The molecule has 166 valence electrons. The number of nitrogens with zero attached hydrogens (tertiary/aromatic N) is 3. The average molecular weight is 432 g/mol. The number of carbonyl (C=O) groups excluding carboxylic acids is 1. The number of carbonyl (C=O) groups is 2. The number of aromatic nitrogens is 2. The van der Waals surface area contributed by atoms with Gasteiger partial charge in [0.15, 0.2) is 0 Å². The van der Waals surface area contributed by atoms with Crippen molar-refractivity contribution in [2.24, 2.45) is 11.8 Å². The first-order chi connectivity index (χ1) is 15.6. The van der Waals surface area contributed by atoms with E-state index in [4.69, 9.17) is 0 Å². The number of hydrogen-bond donors (Lipinski definition) is 1. The SMILES string of the molecule is O=C(O)C1CC(C2CCCCC2)CCN1C(=O)c1ccc(-n2ncc3ccccc32)cc1. The van der Waals surface area contributed by atoms with Crippen LogP contribution in [0.1, 0.15) is 55.3 Å². The van der Waals surface area contributed by atoms with E-state index in [1.165, 1.54) is 32.1 Å². The van der Waals surface area contributed by atoms with Gasteiger partial charge in [0.05, 0.1) is 17.4 Å². The molecule has 2 unspecified atom stereocenters. The van der Waals surface area contributed by atoms with Gasteiger partial charge in [0.2, 0.25) is 0 Å². The van der Waals surface area contributed by atoms with Crippen molar-refractivity contribution in [1.82, 2.24) is 14.7 Å². The molecule has 0 bridgehead atoms. The van der Waals surface area contributed by atoms with Gasteiger partial charge in [-0.25, -0.2) is 9.48 Å². The summed E-state index contributed by atoms with van der Waals surface area (Å²) in [6, 6.07) is 14.5. The molecule has 5 rings (SSSR count). The summed E-state index contributed by atoms with van der Waals surface area (Å²) in [4.78, 5) is 26.9. The summed E-state index contributed by atoms with van der Waals surface area (Å²) in [7, 11) is 0. The number of para-hydroxylation sites is 1. The fourth-order valence-corrected chi connectivity index (χ4v) is 5.59. The van der Waals surface area contributed by atoms with Crippen LogP contribution in [-0.2, 0) is 4.79 Å². The monoisotopic (exact) mass is 431 g/mol. The fraction of sp³-hybridized carbons (Fsp3) is 0.423. The van der Waals surface area contributed by atoms with Gasteiger partial charge in [0, 0.05) is 17.5 Å². The molecule has 1 aromatic heterocycles. The molecule has 2 fully saturated rings. The van der Waals surface area contributed by atoms with Crippen LogP contribution in [0.5, 0.6) is 0 Å². The van der Waals surface area contributed by atoms with Gasteiger partial charge in [-0.05, 0) is 55.0 Å². The Hall–Kier alpha value is -3.15. The van der Waals surface area contributed by atoms with E-state index in [2.05, 4.69) is 5.10 Å². The van der Waals surface area contributed by atoms with Crippen molar-refractivity contribution in [2.45, 2.75) is 51.0 Å². The highest BCUT2D eigenvalue weighted by molar-refractivity contribution is 5.97. The molecule has 1 saturated heterocycles. The minimum Gasteiger partial charge on any atom is -0.480 e. The Kier molecular flexibility index (Phi) is 5.68. The fourth-order valence-electron chi connectivity index (χ4n) is 5.59. The van der Waals surface area contributed by atoms with Gasteiger partial charge in [0.1, 0.15) is 6.04 Å². The van der Waals surface area contributed by atoms with Crippen LogP contribution in [-0.4, -0.2) is 44.3 Å². The summed E-state index contributed by atoms with van der Waals surface area (Å²) in [5, 5.41) is 15.4. The third kappa shape index (κ3) is 3.90. The minimum absolute atomic E-state index is 0.198. The summed E-state index contributed by atoms with van der Waals surface area (Å²) in [5.41, 5.74) is 2.39. The van der Waals surface area contributed by atoms with Crippen molar-refractivity contribution in [3.05, 3.63) is 60.3 Å². The van der Waals surface area contributed by atoms with E-state index in [1.54, 1.807) is 17.0 Å². The van der Waals surface area contributed by atoms with Crippen LogP contribution in [0.4, 0.5) is 0 Å². The Balaban J connectivity index is 1.33. The quantitative estimate of drug-likeness (QED) is 0.637. The Bertz CT molecular complexity index is 1110. The maximum absolute atomic E-state index is 13.2. The largest absolute Gasteiger partial charge is 0.480 e. The third-order valence-electron chi connectivity index (χ3n) is 7.34. The molecular weight excluding hydrogens is 402 g/mol. The first kappa shape index (κ1) is 20.7. The van der Waals surface area contributed by atoms with Crippen LogP contribution in [0.25, 0.3) is 16.6 Å². The zero-order valence-electron chi connectivity index (χ0n) is 18.2. The number of benzene rings is 2. The highest BCUT2D eigenvalue weighted by Crippen LogP contribution is 2.38. The topological polar surface area (TPSA) is 75.4 Å². The zero-order chi connectivity index (χ0) is 22.1. The third-order valence-corrected chi connectivity index (χ3v) is 7.34. The number of hydrogen-bond acceptors (Lipinski definition) is 3. The first-order valence-corrected chi connectivity index (χ1v) is 11.7. The highest BCUT2D eigenvalue weighted by Gasteiger charge is 2.39. The van der Waals surface area contributed by atoms with Gasteiger partial charge in [-0.3, -0.25) is 4.79 Å². The lowest BCUT2D eigenvalue weighted by Crippen LogP contribution is -2.51. The smallest absolute Gasteiger partial charge is 0.326 e. The number of piperidine rings is 1. The molecule has 0 spiro atoms. The number of carboxylic acid groups (broad SMARTS) is 1. The van der Waals surface area contributed by atoms with Crippen LogP contribution < -0.4 is 0 Å². The Morgan fingerprint density at radius 1 is 0.906 bits per heavy atom. The Morgan fingerprint density at radius 3 is 2.41 bits per heavy atom. The minimum atomic E-state index is -0.890. The molecule has 1 N–H and O–H groups in total. The molecule has 2 aliphatic rings. The number of fused-ring (bicyclic) bond motifs is 1. The zero-order valence-corrected chi connectivity index (χ0v) is 18.2. The average Bonchev–Trinajstić information content (AvgIpc) is 3.28. The number of likely N-dealkylation sites (tertiary alicyclic amines) is 1. The van der Waals surface area contributed by atoms with E-state index in [1.807, 2.05) is 47.3 Å². The molecule has 6 heteroatoms. The van der Waals surface area contributed by atoms with Crippen molar-refractivity contribution in [3.8, 4) is 5.69 Å². The van der Waals surface area contributed by atoms with Crippen molar-refractivity contribution in [3.63, 3.8) is 0 Å². The van der Waals surface area contributed by atoms with Crippen LogP contribution in [0.2, 0.25) is 0 Å². The molecule has 1 aliphatic heterocycles. The lowest BCUT2D eigenvalue weighted by Gasteiger charge is -2.41. The van der Waals surface area contributed by atoms with Crippen LogP contribution >= 0.6 is 0 Å². The maximum Gasteiger partial charge on any atom is 0.326 e. The van der Waals surface area contributed by atoms with Crippen LogP contribution in [0, 0.1) is 11.8 Å². The molecule has 0 radical (unpaired) electrons. The van der Waals surface area contributed by atoms with Gasteiger partial charge < -0.3 is 10.0 Å². The lowest BCUT2D eigenvalue weighted by molar-refractivity contribution is -0.144. The maximum atomic E-state index is 13.2. The summed E-state index contributed by atoms with van der Waals surface area (Å²) in [6.07, 6.45) is 9.49. The normalized spacial score (nSPS) is 22.2. The Morgan fingerprint density at radius 2 is 1.66 bits per heavy atom. The number of rotatable bonds is 4. The number of amides is 1. The molecule has 6 nitrogen and oxygen atoms in total. The molecule has 1 aliphatic carbocycles. The Labute approximate surface area is 187 Å². The molecular formula is C26H29N3O3. The van der Waals surface area contributed by atoms with E-state index in [0.717, 1.165) is 23.0 Å². The molecule has 1 amide bonds. The van der Waals surface area contributed by atoms with Gasteiger partial charge in [-0.15, -0.1) is 0 Å². The number of aliphatic carboxylic acids is 1. The predicted octanol–water partition coefficient (Wildman–Crippen LogP) is 4.91. The second-order valence-electron chi connectivity index (χ2n) is 9.20. The van der Waals surface area contributed by atoms with Crippen molar-refractivity contribution < 1.29 is 14.7 Å².